The molecule has 0 spiro atoms. The van der Waals surface area contributed by atoms with E-state index in [2.05, 4.69) is 13.8 Å². The van der Waals surface area contributed by atoms with Gasteiger partial charge in [0.15, 0.2) is 0 Å². The van der Waals surface area contributed by atoms with Crippen molar-refractivity contribution in [2.24, 2.45) is 5.92 Å². The molecule has 0 atom stereocenters. The number of carbonyl (C=O) groups excluding carboxylic acids is 1. The lowest BCUT2D eigenvalue weighted by molar-refractivity contribution is 0.0698. The van der Waals surface area contributed by atoms with Gasteiger partial charge in [-0.25, -0.2) is 8.42 Å². The number of benzene rings is 1. The van der Waals surface area contributed by atoms with E-state index in [-0.39, 0.29) is 11.7 Å². The van der Waals surface area contributed by atoms with Crippen LogP contribution in [0, 0.1) is 5.92 Å². The highest BCUT2D eigenvalue weighted by Gasteiger charge is 2.28. The standard InChI is InChI=1S/C18H28N2O4S/c1-4-13-25(22,23)20-11-9-19(10-12-20)18(21)16-5-7-17(8-6-16)24-14-15(2)3/h5-8,15H,4,9-14H2,1-3H3. The first-order valence-corrected chi connectivity index (χ1v) is 10.4. The van der Waals surface area contributed by atoms with Gasteiger partial charge < -0.3 is 9.64 Å². The van der Waals surface area contributed by atoms with Gasteiger partial charge in [0.25, 0.3) is 5.91 Å². The van der Waals surface area contributed by atoms with Crippen LogP contribution in [0.1, 0.15) is 37.6 Å². The lowest BCUT2D eigenvalue weighted by Crippen LogP contribution is -2.51. The summed E-state index contributed by atoms with van der Waals surface area (Å²) in [5.74, 6) is 1.30. The quantitative estimate of drug-likeness (QED) is 0.740. The van der Waals surface area contributed by atoms with E-state index in [0.29, 0.717) is 50.7 Å². The van der Waals surface area contributed by atoms with Gasteiger partial charge in [0.1, 0.15) is 5.75 Å². The third kappa shape index (κ3) is 5.44. The fourth-order valence-electron chi connectivity index (χ4n) is 2.70. The minimum Gasteiger partial charge on any atom is -0.493 e. The molecule has 25 heavy (non-hydrogen) atoms. The Balaban J connectivity index is 1.92. The Morgan fingerprint density at radius 1 is 1.12 bits per heavy atom. The van der Waals surface area contributed by atoms with Crippen LogP contribution in [0.25, 0.3) is 0 Å². The molecule has 2 rings (SSSR count). The summed E-state index contributed by atoms with van der Waals surface area (Å²) in [5.41, 5.74) is 0.599. The van der Waals surface area contributed by atoms with Crippen LogP contribution in [0.3, 0.4) is 0 Å². The van der Waals surface area contributed by atoms with Gasteiger partial charge in [-0.3, -0.25) is 4.79 Å². The van der Waals surface area contributed by atoms with Crippen LogP contribution in [0.5, 0.6) is 5.75 Å². The van der Waals surface area contributed by atoms with Gasteiger partial charge in [0, 0.05) is 31.7 Å². The number of piperazine rings is 1. The molecule has 7 heteroatoms. The number of sulfonamides is 1. The normalized spacial score (nSPS) is 16.2. The zero-order valence-electron chi connectivity index (χ0n) is 15.3. The highest BCUT2D eigenvalue weighted by Crippen LogP contribution is 2.16. The third-order valence-corrected chi connectivity index (χ3v) is 6.14. The molecule has 0 aliphatic carbocycles. The van der Waals surface area contributed by atoms with Crippen LogP contribution in [-0.2, 0) is 10.0 Å². The minimum absolute atomic E-state index is 0.0667. The van der Waals surface area contributed by atoms with Crippen LogP contribution < -0.4 is 4.74 Å². The fourth-order valence-corrected chi connectivity index (χ4v) is 4.19. The predicted molar refractivity (Wildman–Crippen MR) is 98.3 cm³/mol. The molecule has 1 saturated heterocycles. The molecule has 0 radical (unpaired) electrons. The van der Waals surface area contributed by atoms with Gasteiger partial charge in [-0.2, -0.15) is 4.31 Å². The minimum atomic E-state index is -3.19. The monoisotopic (exact) mass is 368 g/mol. The summed E-state index contributed by atoms with van der Waals surface area (Å²) in [6.45, 7) is 8.23. The number of amides is 1. The van der Waals surface area contributed by atoms with E-state index in [4.69, 9.17) is 4.74 Å². The van der Waals surface area contributed by atoms with Crippen molar-refractivity contribution >= 4 is 15.9 Å². The molecule has 1 aromatic rings. The zero-order valence-corrected chi connectivity index (χ0v) is 16.1. The largest absolute Gasteiger partial charge is 0.493 e. The van der Waals surface area contributed by atoms with Crippen LogP contribution in [0.15, 0.2) is 24.3 Å². The molecule has 0 saturated carbocycles. The molecule has 1 fully saturated rings. The smallest absolute Gasteiger partial charge is 0.253 e. The molecule has 1 heterocycles. The molecule has 1 aromatic carbocycles. The van der Waals surface area contributed by atoms with Crippen molar-refractivity contribution in [1.29, 1.82) is 0 Å². The molecule has 1 amide bonds. The molecule has 140 valence electrons. The maximum absolute atomic E-state index is 12.6. The van der Waals surface area contributed by atoms with E-state index in [1.165, 1.54) is 4.31 Å². The number of carbonyl (C=O) groups is 1. The average Bonchev–Trinajstić information content (AvgIpc) is 2.60. The van der Waals surface area contributed by atoms with Gasteiger partial charge in [-0.1, -0.05) is 20.8 Å². The van der Waals surface area contributed by atoms with E-state index in [9.17, 15) is 13.2 Å². The van der Waals surface area contributed by atoms with Crippen molar-refractivity contribution in [3.8, 4) is 5.75 Å². The second-order valence-electron chi connectivity index (χ2n) is 6.74. The van der Waals surface area contributed by atoms with Gasteiger partial charge in [0.05, 0.1) is 12.4 Å². The van der Waals surface area contributed by atoms with E-state index >= 15 is 0 Å². The molecule has 0 N–H and O–H groups in total. The molecular formula is C18H28N2O4S. The summed E-state index contributed by atoms with van der Waals surface area (Å²) < 4.78 is 31.3. The summed E-state index contributed by atoms with van der Waals surface area (Å²) in [4.78, 5) is 14.3. The number of hydrogen-bond acceptors (Lipinski definition) is 4. The van der Waals surface area contributed by atoms with Crippen molar-refractivity contribution < 1.29 is 17.9 Å². The van der Waals surface area contributed by atoms with Crippen molar-refractivity contribution in [3.63, 3.8) is 0 Å². The van der Waals surface area contributed by atoms with Crippen molar-refractivity contribution in [1.82, 2.24) is 9.21 Å². The van der Waals surface area contributed by atoms with Crippen LogP contribution >= 0.6 is 0 Å². The maximum atomic E-state index is 12.6. The van der Waals surface area contributed by atoms with Crippen LogP contribution in [0.4, 0.5) is 0 Å². The second-order valence-corrected chi connectivity index (χ2v) is 8.82. The molecule has 1 aliphatic rings. The van der Waals surface area contributed by atoms with Gasteiger partial charge >= 0.3 is 0 Å². The first-order valence-electron chi connectivity index (χ1n) is 8.83. The topological polar surface area (TPSA) is 66.9 Å². The van der Waals surface area contributed by atoms with Crippen LogP contribution in [-0.4, -0.2) is 62.1 Å². The predicted octanol–water partition coefficient (Wildman–Crippen LogP) is 2.22. The third-order valence-electron chi connectivity index (χ3n) is 4.07. The maximum Gasteiger partial charge on any atom is 0.253 e. The van der Waals surface area contributed by atoms with E-state index in [1.54, 1.807) is 29.2 Å². The zero-order chi connectivity index (χ0) is 18.4. The summed E-state index contributed by atoms with van der Waals surface area (Å²) in [6.07, 6.45) is 0.604. The van der Waals surface area contributed by atoms with E-state index in [1.807, 2.05) is 6.92 Å². The number of rotatable bonds is 7. The number of nitrogens with zero attached hydrogens (tertiary/aromatic N) is 2. The number of ether oxygens (including phenoxy) is 1. The lowest BCUT2D eigenvalue weighted by atomic mass is 10.1. The SMILES string of the molecule is CCCS(=O)(=O)N1CCN(C(=O)c2ccc(OCC(C)C)cc2)CC1. The molecular weight excluding hydrogens is 340 g/mol. The Hall–Kier alpha value is -1.60. The van der Waals surface area contributed by atoms with E-state index in [0.717, 1.165) is 5.75 Å². The summed E-state index contributed by atoms with van der Waals surface area (Å²) >= 11 is 0. The first-order chi connectivity index (χ1) is 11.8. The summed E-state index contributed by atoms with van der Waals surface area (Å²) in [6, 6.07) is 7.13. The molecule has 0 bridgehead atoms. The first kappa shape index (κ1) is 19.7. The summed E-state index contributed by atoms with van der Waals surface area (Å²) in [5, 5.41) is 0. The molecule has 1 aliphatic heterocycles. The van der Waals surface area contributed by atoms with Crippen molar-refractivity contribution in [2.75, 3.05) is 38.5 Å². The molecule has 6 nitrogen and oxygen atoms in total. The van der Waals surface area contributed by atoms with Crippen molar-refractivity contribution in [3.05, 3.63) is 29.8 Å². The van der Waals surface area contributed by atoms with Crippen LogP contribution in [0.2, 0.25) is 0 Å². The highest BCUT2D eigenvalue weighted by atomic mass is 32.2. The van der Waals surface area contributed by atoms with E-state index < -0.39 is 10.0 Å². The van der Waals surface area contributed by atoms with Gasteiger partial charge in [-0.05, 0) is 36.6 Å². The van der Waals surface area contributed by atoms with Gasteiger partial charge in [0.2, 0.25) is 10.0 Å². The highest BCUT2D eigenvalue weighted by molar-refractivity contribution is 7.89. The Morgan fingerprint density at radius 2 is 1.72 bits per heavy atom. The summed E-state index contributed by atoms with van der Waals surface area (Å²) in [7, 11) is -3.19. The Morgan fingerprint density at radius 3 is 2.24 bits per heavy atom. The second kappa shape index (κ2) is 8.67. The Labute approximate surface area is 150 Å². The Kier molecular flexibility index (Phi) is 6.84. The van der Waals surface area contributed by atoms with Gasteiger partial charge in [-0.15, -0.1) is 0 Å². The molecule has 0 unspecified atom stereocenters. The fraction of sp³-hybridized carbons (Fsp3) is 0.611. The van der Waals surface area contributed by atoms with Crippen molar-refractivity contribution in [2.45, 2.75) is 27.2 Å². The Bertz CT molecular complexity index is 663. The molecule has 0 aromatic heterocycles. The number of hydrogen-bond donors (Lipinski definition) is 0. The lowest BCUT2D eigenvalue weighted by Gasteiger charge is -2.34. The average molecular weight is 368 g/mol.